The molecule has 0 radical (unpaired) electrons. The first-order chi connectivity index (χ1) is 14.9. The number of nitrogens with one attached hydrogen (secondary N) is 1. The van der Waals surface area contributed by atoms with Crippen molar-refractivity contribution in [2.45, 2.75) is 19.3 Å². The van der Waals surface area contributed by atoms with Crippen molar-refractivity contribution < 1.29 is 4.74 Å². The standard InChI is InChI=1S/C25H26N4O/c1-2-4-9-18-29(19-10-5-3-1)24-16-17-26-25(28-24)27-21-12-11-15-23(20-21)30-22-13-7-6-8-14-22/h1-4,6-8,11-17,20H,5,9-10,18-19H2,(H,26,27,28)/b3-1-,4-2-. The molecule has 0 spiro atoms. The quantitative estimate of drug-likeness (QED) is 0.561. The summed E-state index contributed by atoms with van der Waals surface area (Å²) in [6, 6.07) is 19.5. The van der Waals surface area contributed by atoms with Crippen LogP contribution in [-0.2, 0) is 0 Å². The summed E-state index contributed by atoms with van der Waals surface area (Å²) < 4.78 is 5.92. The van der Waals surface area contributed by atoms with Gasteiger partial charge in [0.2, 0.25) is 5.95 Å². The zero-order valence-electron chi connectivity index (χ0n) is 16.9. The Morgan fingerprint density at radius 2 is 1.67 bits per heavy atom. The third-order valence-corrected chi connectivity index (χ3v) is 4.78. The van der Waals surface area contributed by atoms with Crippen LogP contribution in [0.25, 0.3) is 0 Å². The van der Waals surface area contributed by atoms with Crippen LogP contribution in [0.1, 0.15) is 19.3 Å². The Balaban J connectivity index is 1.46. The van der Waals surface area contributed by atoms with Gasteiger partial charge in [-0.25, -0.2) is 4.98 Å². The number of aromatic nitrogens is 2. The van der Waals surface area contributed by atoms with E-state index in [9.17, 15) is 0 Å². The average Bonchev–Trinajstić information content (AvgIpc) is 2.78. The molecule has 30 heavy (non-hydrogen) atoms. The molecule has 0 bridgehead atoms. The molecule has 5 heteroatoms. The van der Waals surface area contributed by atoms with E-state index in [2.05, 4.69) is 39.5 Å². The van der Waals surface area contributed by atoms with E-state index in [4.69, 9.17) is 9.72 Å². The van der Waals surface area contributed by atoms with Crippen molar-refractivity contribution in [3.8, 4) is 11.5 Å². The summed E-state index contributed by atoms with van der Waals surface area (Å²) in [7, 11) is 0. The van der Waals surface area contributed by atoms with Crippen LogP contribution < -0.4 is 15.0 Å². The van der Waals surface area contributed by atoms with Gasteiger partial charge in [-0.3, -0.25) is 0 Å². The molecular weight excluding hydrogens is 372 g/mol. The molecule has 2 heterocycles. The molecule has 1 aliphatic heterocycles. The van der Waals surface area contributed by atoms with Crippen molar-refractivity contribution in [3.05, 3.63) is 91.2 Å². The molecular formula is C25H26N4O. The number of rotatable bonds is 5. The van der Waals surface area contributed by atoms with Crippen molar-refractivity contribution in [3.63, 3.8) is 0 Å². The summed E-state index contributed by atoms with van der Waals surface area (Å²) in [5.41, 5.74) is 0.884. The van der Waals surface area contributed by atoms with E-state index < -0.39 is 0 Å². The Bertz CT molecular complexity index is 1000. The lowest BCUT2D eigenvalue weighted by molar-refractivity contribution is 0.483. The van der Waals surface area contributed by atoms with Crippen LogP contribution in [0.3, 0.4) is 0 Å². The van der Waals surface area contributed by atoms with E-state index in [1.165, 1.54) is 0 Å². The Labute approximate surface area is 177 Å². The Morgan fingerprint density at radius 1 is 0.833 bits per heavy atom. The van der Waals surface area contributed by atoms with Crippen LogP contribution in [0.2, 0.25) is 0 Å². The zero-order valence-corrected chi connectivity index (χ0v) is 16.9. The fourth-order valence-corrected chi connectivity index (χ4v) is 3.30. The molecule has 2 aromatic carbocycles. The van der Waals surface area contributed by atoms with Crippen molar-refractivity contribution >= 4 is 17.5 Å². The van der Waals surface area contributed by atoms with Gasteiger partial charge in [0.1, 0.15) is 17.3 Å². The highest BCUT2D eigenvalue weighted by molar-refractivity contribution is 5.57. The van der Waals surface area contributed by atoms with Gasteiger partial charge in [-0.15, -0.1) is 0 Å². The van der Waals surface area contributed by atoms with Gasteiger partial charge in [0.05, 0.1) is 0 Å². The topological polar surface area (TPSA) is 50.3 Å². The number of allylic oxidation sites excluding steroid dienone is 3. The molecule has 0 saturated heterocycles. The lowest BCUT2D eigenvalue weighted by Crippen LogP contribution is -2.26. The molecule has 1 N–H and O–H groups in total. The van der Waals surface area contributed by atoms with Crippen molar-refractivity contribution in [2.75, 3.05) is 23.3 Å². The Kier molecular flexibility index (Phi) is 6.74. The van der Waals surface area contributed by atoms with E-state index in [0.29, 0.717) is 5.95 Å². The van der Waals surface area contributed by atoms with Gasteiger partial charge in [-0.1, -0.05) is 48.6 Å². The fraction of sp³-hybridized carbons (Fsp3) is 0.200. The van der Waals surface area contributed by atoms with Crippen LogP contribution in [0.4, 0.5) is 17.5 Å². The number of ether oxygens (including phenoxy) is 1. The first-order valence-corrected chi connectivity index (χ1v) is 10.4. The molecule has 3 aromatic rings. The number of nitrogens with zero attached hydrogens (tertiary/aromatic N) is 3. The molecule has 0 fully saturated rings. The summed E-state index contributed by atoms with van der Waals surface area (Å²) in [4.78, 5) is 11.5. The smallest absolute Gasteiger partial charge is 0.229 e. The lowest BCUT2D eigenvalue weighted by Gasteiger charge is -2.23. The van der Waals surface area contributed by atoms with Gasteiger partial charge < -0.3 is 15.0 Å². The second kappa shape index (κ2) is 10.3. The SMILES string of the molecule is C1=C\CCCN(c2ccnc(Nc3cccc(Oc4ccccc4)c3)n2)CC\C=C/1. The van der Waals surface area contributed by atoms with E-state index in [0.717, 1.165) is 55.4 Å². The second-order valence-electron chi connectivity index (χ2n) is 7.08. The molecule has 0 amide bonds. The maximum atomic E-state index is 5.92. The van der Waals surface area contributed by atoms with Gasteiger partial charge >= 0.3 is 0 Å². The third-order valence-electron chi connectivity index (χ3n) is 4.78. The summed E-state index contributed by atoms with van der Waals surface area (Å²) in [6.07, 6.45) is 13.7. The van der Waals surface area contributed by atoms with Crippen molar-refractivity contribution in [1.29, 1.82) is 0 Å². The van der Waals surface area contributed by atoms with Gasteiger partial charge in [-0.05, 0) is 49.6 Å². The summed E-state index contributed by atoms with van der Waals surface area (Å²) in [5, 5.41) is 3.31. The predicted octanol–water partition coefficient (Wildman–Crippen LogP) is 6.12. The number of para-hydroxylation sites is 1. The Hall–Kier alpha value is -3.60. The molecule has 0 unspecified atom stereocenters. The molecule has 0 aliphatic carbocycles. The van der Waals surface area contributed by atoms with Crippen LogP contribution in [-0.4, -0.2) is 23.1 Å². The van der Waals surface area contributed by atoms with Crippen molar-refractivity contribution in [2.24, 2.45) is 0 Å². The fourth-order valence-electron chi connectivity index (χ4n) is 3.30. The molecule has 4 rings (SSSR count). The molecule has 0 saturated carbocycles. The van der Waals surface area contributed by atoms with Gasteiger partial charge in [-0.2, -0.15) is 4.98 Å². The van der Waals surface area contributed by atoms with E-state index in [1.54, 1.807) is 0 Å². The number of hydrogen-bond acceptors (Lipinski definition) is 5. The molecule has 0 atom stereocenters. The summed E-state index contributed by atoms with van der Waals surface area (Å²) in [6.45, 7) is 1.93. The van der Waals surface area contributed by atoms with Crippen LogP contribution >= 0.6 is 0 Å². The Morgan fingerprint density at radius 3 is 2.57 bits per heavy atom. The van der Waals surface area contributed by atoms with E-state index in [1.807, 2.05) is 66.9 Å². The number of hydrogen-bond donors (Lipinski definition) is 1. The first kappa shape index (κ1) is 19.7. The van der Waals surface area contributed by atoms with Crippen LogP contribution in [0.5, 0.6) is 11.5 Å². The highest BCUT2D eigenvalue weighted by Gasteiger charge is 2.09. The summed E-state index contributed by atoms with van der Waals surface area (Å²) >= 11 is 0. The number of anilines is 3. The van der Waals surface area contributed by atoms with E-state index >= 15 is 0 Å². The summed E-state index contributed by atoms with van der Waals surface area (Å²) in [5.74, 6) is 3.10. The van der Waals surface area contributed by atoms with E-state index in [-0.39, 0.29) is 0 Å². The van der Waals surface area contributed by atoms with Crippen molar-refractivity contribution in [1.82, 2.24) is 9.97 Å². The molecule has 1 aliphatic rings. The van der Waals surface area contributed by atoms with Gasteiger partial charge in [0.25, 0.3) is 0 Å². The lowest BCUT2D eigenvalue weighted by atomic mass is 10.2. The highest BCUT2D eigenvalue weighted by Crippen LogP contribution is 2.25. The number of benzene rings is 2. The van der Waals surface area contributed by atoms with Gasteiger partial charge in [0.15, 0.2) is 0 Å². The highest BCUT2D eigenvalue weighted by atomic mass is 16.5. The predicted molar refractivity (Wildman–Crippen MR) is 123 cm³/mol. The van der Waals surface area contributed by atoms with Gasteiger partial charge in [0, 0.05) is 31.0 Å². The third kappa shape index (κ3) is 5.70. The normalized spacial score (nSPS) is 16.5. The maximum Gasteiger partial charge on any atom is 0.229 e. The van der Waals surface area contributed by atoms with Crippen LogP contribution in [0, 0.1) is 0 Å². The zero-order chi connectivity index (χ0) is 20.4. The molecule has 152 valence electrons. The minimum atomic E-state index is 0.580. The first-order valence-electron chi connectivity index (χ1n) is 10.4. The minimum absolute atomic E-state index is 0.580. The average molecular weight is 399 g/mol. The minimum Gasteiger partial charge on any atom is -0.457 e. The maximum absolute atomic E-state index is 5.92. The monoisotopic (exact) mass is 398 g/mol. The molecule has 5 nitrogen and oxygen atoms in total. The molecule has 1 aromatic heterocycles. The largest absolute Gasteiger partial charge is 0.457 e. The second-order valence-corrected chi connectivity index (χ2v) is 7.08. The van der Waals surface area contributed by atoms with Crippen LogP contribution in [0.15, 0.2) is 91.2 Å².